The molecule has 0 saturated carbocycles. The molecule has 5 heteroatoms. The molecule has 1 heterocycles. The van der Waals surface area contributed by atoms with Gasteiger partial charge >= 0.3 is 0 Å². The number of nitrogens with zero attached hydrogens (tertiary/aromatic N) is 1. The molecule has 1 aliphatic rings. The van der Waals surface area contributed by atoms with Crippen LogP contribution in [0.25, 0.3) is 0 Å². The number of aromatic nitrogens is 1. The van der Waals surface area contributed by atoms with Crippen molar-refractivity contribution in [2.75, 3.05) is 0 Å². The van der Waals surface area contributed by atoms with Crippen molar-refractivity contribution in [2.24, 2.45) is 5.73 Å². The zero-order valence-electron chi connectivity index (χ0n) is 10.8. The number of fused-ring (bicyclic) bond motifs is 1. The van der Waals surface area contributed by atoms with Crippen molar-refractivity contribution < 1.29 is 0 Å². The van der Waals surface area contributed by atoms with E-state index in [-0.39, 0.29) is 0 Å². The lowest BCUT2D eigenvalue weighted by Gasteiger charge is -2.11. The third-order valence-electron chi connectivity index (χ3n) is 3.41. The molecule has 0 saturated heterocycles. The number of halogens is 2. The van der Waals surface area contributed by atoms with E-state index in [4.69, 9.17) is 33.9 Å². The summed E-state index contributed by atoms with van der Waals surface area (Å²) in [5.74, 6) is 0. The van der Waals surface area contributed by atoms with Gasteiger partial charge in [0.25, 0.3) is 0 Å². The van der Waals surface area contributed by atoms with Crippen molar-refractivity contribution >= 4 is 35.0 Å². The Hall–Kier alpha value is -0.740. The van der Waals surface area contributed by atoms with E-state index in [2.05, 4.69) is 6.07 Å². The van der Waals surface area contributed by atoms with E-state index in [1.807, 2.05) is 12.1 Å². The highest BCUT2D eigenvalue weighted by Crippen LogP contribution is 2.37. The van der Waals surface area contributed by atoms with Crippen LogP contribution >= 0.6 is 35.0 Å². The molecule has 2 aromatic rings. The van der Waals surface area contributed by atoms with E-state index in [9.17, 15) is 0 Å². The van der Waals surface area contributed by atoms with E-state index in [1.165, 1.54) is 29.4 Å². The molecule has 3 rings (SSSR count). The summed E-state index contributed by atoms with van der Waals surface area (Å²) < 4.78 is 0. The van der Waals surface area contributed by atoms with Crippen LogP contribution in [0.4, 0.5) is 0 Å². The molecule has 20 heavy (non-hydrogen) atoms. The number of nitrogens with two attached hydrogens (primary N) is 1. The van der Waals surface area contributed by atoms with Crippen molar-refractivity contribution in [1.29, 1.82) is 0 Å². The second-order valence-electron chi connectivity index (χ2n) is 4.79. The Kier molecular flexibility index (Phi) is 4.22. The molecule has 0 spiro atoms. The molecule has 0 fully saturated rings. The Morgan fingerprint density at radius 1 is 1.20 bits per heavy atom. The summed E-state index contributed by atoms with van der Waals surface area (Å²) in [5.41, 5.74) is 9.47. The van der Waals surface area contributed by atoms with Gasteiger partial charge in [0.05, 0.1) is 5.02 Å². The van der Waals surface area contributed by atoms with E-state index >= 15 is 0 Å². The minimum Gasteiger partial charge on any atom is -0.326 e. The second kappa shape index (κ2) is 5.94. The average molecular weight is 325 g/mol. The van der Waals surface area contributed by atoms with Crippen molar-refractivity contribution in [1.82, 2.24) is 4.98 Å². The summed E-state index contributed by atoms with van der Waals surface area (Å²) in [6.07, 6.45) is 3.34. The quantitative estimate of drug-likeness (QED) is 0.904. The van der Waals surface area contributed by atoms with Gasteiger partial charge in [0.15, 0.2) is 0 Å². The maximum absolute atomic E-state index is 6.22. The van der Waals surface area contributed by atoms with Gasteiger partial charge in [-0.3, -0.25) is 0 Å². The van der Waals surface area contributed by atoms with E-state index in [0.717, 1.165) is 28.3 Å². The van der Waals surface area contributed by atoms with Crippen LogP contribution in [0.2, 0.25) is 10.0 Å². The molecule has 2 nitrogen and oxygen atoms in total. The van der Waals surface area contributed by atoms with Gasteiger partial charge in [-0.2, -0.15) is 0 Å². The monoisotopic (exact) mass is 324 g/mol. The molecule has 0 radical (unpaired) electrons. The third kappa shape index (κ3) is 2.82. The van der Waals surface area contributed by atoms with Crippen LogP contribution in [-0.2, 0) is 19.4 Å². The molecule has 1 aromatic heterocycles. The smallest absolute Gasteiger partial charge is 0.106 e. The van der Waals surface area contributed by atoms with Crippen molar-refractivity contribution in [2.45, 2.75) is 35.7 Å². The van der Waals surface area contributed by atoms with Crippen molar-refractivity contribution in [3.8, 4) is 0 Å². The predicted octanol–water partition coefficient (Wildman–Crippen LogP) is 4.49. The van der Waals surface area contributed by atoms with Crippen LogP contribution < -0.4 is 5.73 Å². The van der Waals surface area contributed by atoms with Gasteiger partial charge < -0.3 is 5.73 Å². The number of hydrogen-bond acceptors (Lipinski definition) is 3. The highest BCUT2D eigenvalue weighted by molar-refractivity contribution is 7.99. The van der Waals surface area contributed by atoms with E-state index in [0.29, 0.717) is 16.6 Å². The molecule has 0 atom stereocenters. The summed E-state index contributed by atoms with van der Waals surface area (Å²) >= 11 is 13.8. The predicted molar refractivity (Wildman–Crippen MR) is 84.7 cm³/mol. The molecule has 0 unspecified atom stereocenters. The molecule has 1 aliphatic carbocycles. The minimum atomic E-state index is 0.487. The Morgan fingerprint density at radius 2 is 2.05 bits per heavy atom. The summed E-state index contributed by atoms with van der Waals surface area (Å²) in [4.78, 5) is 5.69. The van der Waals surface area contributed by atoms with Gasteiger partial charge in [0.2, 0.25) is 0 Å². The van der Waals surface area contributed by atoms with Gasteiger partial charge in [0.1, 0.15) is 5.03 Å². The van der Waals surface area contributed by atoms with Gasteiger partial charge in [-0.15, -0.1) is 0 Å². The Balaban J connectivity index is 1.99. The summed E-state index contributed by atoms with van der Waals surface area (Å²) in [6, 6.07) is 7.65. The molecule has 0 amide bonds. The SMILES string of the molecule is NCc1cc2c(nc1Sc1cc(Cl)ccc1Cl)CCC2. The number of aryl methyl sites for hydroxylation is 2. The van der Waals surface area contributed by atoms with Crippen LogP contribution in [0, 0.1) is 0 Å². The van der Waals surface area contributed by atoms with E-state index < -0.39 is 0 Å². The fourth-order valence-electron chi connectivity index (χ4n) is 2.39. The first-order valence-electron chi connectivity index (χ1n) is 6.52. The first kappa shape index (κ1) is 14.2. The fraction of sp³-hybridized carbons (Fsp3) is 0.267. The average Bonchev–Trinajstić information content (AvgIpc) is 2.89. The van der Waals surface area contributed by atoms with Crippen molar-refractivity contribution in [3.63, 3.8) is 0 Å². The van der Waals surface area contributed by atoms with Crippen LogP contribution in [-0.4, -0.2) is 4.98 Å². The molecule has 0 aliphatic heterocycles. The van der Waals surface area contributed by atoms with E-state index in [1.54, 1.807) is 6.07 Å². The zero-order valence-corrected chi connectivity index (χ0v) is 13.2. The van der Waals surface area contributed by atoms with Gasteiger partial charge in [-0.25, -0.2) is 4.98 Å². The second-order valence-corrected chi connectivity index (χ2v) is 6.67. The maximum atomic E-state index is 6.22. The maximum Gasteiger partial charge on any atom is 0.106 e. The molecule has 104 valence electrons. The number of rotatable bonds is 3. The summed E-state index contributed by atoms with van der Waals surface area (Å²) in [5, 5.41) is 2.30. The van der Waals surface area contributed by atoms with Crippen LogP contribution in [0.15, 0.2) is 34.2 Å². The van der Waals surface area contributed by atoms with Crippen LogP contribution in [0.5, 0.6) is 0 Å². The lowest BCUT2D eigenvalue weighted by Crippen LogP contribution is -2.03. The minimum absolute atomic E-state index is 0.487. The largest absolute Gasteiger partial charge is 0.326 e. The lowest BCUT2D eigenvalue weighted by molar-refractivity contribution is 0.884. The normalized spacial score (nSPS) is 13.6. The highest BCUT2D eigenvalue weighted by Gasteiger charge is 2.17. The summed E-state index contributed by atoms with van der Waals surface area (Å²) in [6.45, 7) is 0.487. The first-order valence-corrected chi connectivity index (χ1v) is 8.09. The van der Waals surface area contributed by atoms with Gasteiger partial charge in [-0.1, -0.05) is 41.0 Å². The van der Waals surface area contributed by atoms with Crippen molar-refractivity contribution in [3.05, 3.63) is 51.1 Å². The zero-order chi connectivity index (χ0) is 14.1. The Morgan fingerprint density at radius 3 is 2.85 bits per heavy atom. The Bertz CT molecular complexity index is 659. The molecular formula is C15H14Cl2N2S. The molecule has 2 N–H and O–H groups in total. The summed E-state index contributed by atoms with van der Waals surface area (Å²) in [7, 11) is 0. The number of pyridine rings is 1. The number of hydrogen-bond donors (Lipinski definition) is 1. The third-order valence-corrected chi connectivity index (χ3v) is 5.19. The first-order chi connectivity index (χ1) is 9.67. The fourth-order valence-corrected chi connectivity index (χ4v) is 3.85. The van der Waals surface area contributed by atoms with Gasteiger partial charge in [-0.05, 0) is 48.6 Å². The van der Waals surface area contributed by atoms with Crippen LogP contribution in [0.1, 0.15) is 23.2 Å². The van der Waals surface area contributed by atoms with Crippen LogP contribution in [0.3, 0.4) is 0 Å². The standard InChI is InChI=1S/C15H14Cl2N2S/c16-11-4-5-12(17)14(7-11)20-15-10(8-18)6-9-2-1-3-13(9)19-15/h4-7H,1-3,8,18H2. The molecular weight excluding hydrogens is 311 g/mol. The Labute approximate surface area is 132 Å². The number of benzene rings is 1. The highest BCUT2D eigenvalue weighted by atomic mass is 35.5. The lowest BCUT2D eigenvalue weighted by atomic mass is 10.1. The van der Waals surface area contributed by atoms with Gasteiger partial charge in [0, 0.05) is 22.2 Å². The topological polar surface area (TPSA) is 38.9 Å². The molecule has 0 bridgehead atoms. The molecule has 1 aromatic carbocycles.